The highest BCUT2D eigenvalue weighted by atomic mass is 16.6. The summed E-state index contributed by atoms with van der Waals surface area (Å²) in [6.45, 7) is 4.78. The zero-order valence-electron chi connectivity index (χ0n) is 16.6. The average Bonchev–Trinajstić information content (AvgIpc) is 2.71. The van der Waals surface area contributed by atoms with Crippen molar-refractivity contribution in [3.8, 4) is 11.5 Å². The molecule has 0 radical (unpaired) electrons. The SMILES string of the molecule is COc1cc(CCNC(=O)CCCCN2CCOCC2)c([N+](=O)[O-])cc1OC. The van der Waals surface area contributed by atoms with Crippen LogP contribution in [0.25, 0.3) is 0 Å². The van der Waals surface area contributed by atoms with Gasteiger partial charge in [0.15, 0.2) is 11.5 Å². The number of nitro benzene ring substituents is 1. The van der Waals surface area contributed by atoms with E-state index in [0.29, 0.717) is 36.4 Å². The third-order valence-corrected chi connectivity index (χ3v) is 4.73. The summed E-state index contributed by atoms with van der Waals surface area (Å²) in [6.07, 6.45) is 2.59. The number of carbonyl (C=O) groups excluding carboxylic acids is 1. The first-order valence-electron chi connectivity index (χ1n) is 9.51. The van der Waals surface area contributed by atoms with Gasteiger partial charge in [-0.2, -0.15) is 0 Å². The summed E-state index contributed by atoms with van der Waals surface area (Å²) in [4.78, 5) is 25.2. The maximum Gasteiger partial charge on any atom is 0.276 e. The highest BCUT2D eigenvalue weighted by Gasteiger charge is 2.19. The van der Waals surface area contributed by atoms with E-state index >= 15 is 0 Å². The molecule has 0 saturated carbocycles. The Morgan fingerprint density at radius 3 is 2.54 bits per heavy atom. The van der Waals surface area contributed by atoms with Crippen LogP contribution in [0.5, 0.6) is 11.5 Å². The van der Waals surface area contributed by atoms with Crippen LogP contribution >= 0.6 is 0 Å². The number of nitrogens with one attached hydrogen (secondary N) is 1. The molecule has 1 fully saturated rings. The van der Waals surface area contributed by atoms with Crippen molar-refractivity contribution in [1.82, 2.24) is 10.2 Å². The van der Waals surface area contributed by atoms with Crippen LogP contribution in [0.4, 0.5) is 5.69 Å². The molecule has 1 amide bonds. The van der Waals surface area contributed by atoms with Gasteiger partial charge >= 0.3 is 0 Å². The van der Waals surface area contributed by atoms with Crippen molar-refractivity contribution in [2.75, 3.05) is 53.6 Å². The van der Waals surface area contributed by atoms with Gasteiger partial charge in [-0.25, -0.2) is 0 Å². The first kappa shape index (κ1) is 21.9. The molecule has 156 valence electrons. The third-order valence-electron chi connectivity index (χ3n) is 4.73. The van der Waals surface area contributed by atoms with Crippen LogP contribution in [0.3, 0.4) is 0 Å². The number of carbonyl (C=O) groups is 1. The Hall–Kier alpha value is -2.39. The second kappa shape index (κ2) is 11.5. The minimum absolute atomic E-state index is 0.0369. The Morgan fingerprint density at radius 1 is 1.21 bits per heavy atom. The number of nitro groups is 1. The molecule has 28 heavy (non-hydrogen) atoms. The Morgan fingerprint density at radius 2 is 1.89 bits per heavy atom. The van der Waals surface area contributed by atoms with E-state index in [1.807, 2.05) is 0 Å². The van der Waals surface area contributed by atoms with Gasteiger partial charge in [0.2, 0.25) is 5.91 Å². The highest BCUT2D eigenvalue weighted by Crippen LogP contribution is 2.34. The maximum absolute atomic E-state index is 12.0. The number of ether oxygens (including phenoxy) is 3. The number of nitrogens with zero attached hydrogens (tertiary/aromatic N) is 2. The molecule has 0 aromatic heterocycles. The van der Waals surface area contributed by atoms with Crippen molar-refractivity contribution in [3.05, 3.63) is 27.8 Å². The summed E-state index contributed by atoms with van der Waals surface area (Å²) in [5, 5.41) is 14.1. The van der Waals surface area contributed by atoms with Gasteiger partial charge in [-0.1, -0.05) is 0 Å². The molecule has 2 rings (SSSR count). The lowest BCUT2D eigenvalue weighted by Gasteiger charge is -2.26. The fourth-order valence-electron chi connectivity index (χ4n) is 3.15. The van der Waals surface area contributed by atoms with Crippen LogP contribution in [-0.2, 0) is 16.0 Å². The van der Waals surface area contributed by atoms with E-state index in [1.165, 1.54) is 20.3 Å². The lowest BCUT2D eigenvalue weighted by molar-refractivity contribution is -0.385. The lowest BCUT2D eigenvalue weighted by atomic mass is 10.1. The fourth-order valence-corrected chi connectivity index (χ4v) is 3.15. The van der Waals surface area contributed by atoms with Crippen LogP contribution in [0, 0.1) is 10.1 Å². The number of amides is 1. The van der Waals surface area contributed by atoms with E-state index in [-0.39, 0.29) is 11.6 Å². The van der Waals surface area contributed by atoms with E-state index in [4.69, 9.17) is 14.2 Å². The highest BCUT2D eigenvalue weighted by molar-refractivity contribution is 5.75. The molecule has 0 spiro atoms. The smallest absolute Gasteiger partial charge is 0.276 e. The molecule has 0 bridgehead atoms. The van der Waals surface area contributed by atoms with E-state index in [2.05, 4.69) is 10.2 Å². The Kier molecular flexibility index (Phi) is 8.96. The van der Waals surface area contributed by atoms with Crippen LogP contribution < -0.4 is 14.8 Å². The van der Waals surface area contributed by atoms with Gasteiger partial charge in [-0.3, -0.25) is 19.8 Å². The molecule has 1 heterocycles. The van der Waals surface area contributed by atoms with Crippen molar-refractivity contribution in [2.45, 2.75) is 25.7 Å². The fraction of sp³-hybridized carbons (Fsp3) is 0.632. The Labute approximate surface area is 165 Å². The lowest BCUT2D eigenvalue weighted by Crippen LogP contribution is -2.36. The molecule has 1 aliphatic rings. The van der Waals surface area contributed by atoms with Crippen molar-refractivity contribution >= 4 is 11.6 Å². The van der Waals surface area contributed by atoms with E-state index in [0.717, 1.165) is 45.7 Å². The first-order chi connectivity index (χ1) is 13.5. The quantitative estimate of drug-likeness (QED) is 0.346. The summed E-state index contributed by atoms with van der Waals surface area (Å²) in [5.41, 5.74) is 0.452. The summed E-state index contributed by atoms with van der Waals surface area (Å²) < 4.78 is 15.6. The molecule has 1 aromatic rings. The van der Waals surface area contributed by atoms with E-state index in [1.54, 1.807) is 6.07 Å². The number of morpholine rings is 1. The largest absolute Gasteiger partial charge is 0.493 e. The van der Waals surface area contributed by atoms with Crippen molar-refractivity contribution in [2.24, 2.45) is 0 Å². The monoisotopic (exact) mass is 395 g/mol. The van der Waals surface area contributed by atoms with Crippen LogP contribution in [0.1, 0.15) is 24.8 Å². The molecule has 9 heteroatoms. The zero-order valence-corrected chi connectivity index (χ0v) is 16.6. The van der Waals surface area contributed by atoms with Crippen LogP contribution in [0.15, 0.2) is 12.1 Å². The number of hydrogen-bond acceptors (Lipinski definition) is 7. The third kappa shape index (κ3) is 6.65. The van der Waals surface area contributed by atoms with Gasteiger partial charge in [0.1, 0.15) is 0 Å². The standard InChI is InChI=1S/C19H29N3O6/c1-26-17-13-15(16(22(24)25)14-18(17)27-2)6-7-20-19(23)5-3-4-8-21-9-11-28-12-10-21/h13-14H,3-12H2,1-2H3,(H,20,23). The predicted molar refractivity (Wildman–Crippen MR) is 104 cm³/mol. The molecule has 9 nitrogen and oxygen atoms in total. The predicted octanol–water partition coefficient (Wildman–Crippen LogP) is 1.77. The average molecular weight is 395 g/mol. The minimum atomic E-state index is -0.454. The van der Waals surface area contributed by atoms with Gasteiger partial charge in [0.05, 0.1) is 38.4 Å². The summed E-state index contributed by atoms with van der Waals surface area (Å²) >= 11 is 0. The second-order valence-corrected chi connectivity index (χ2v) is 6.60. The zero-order chi connectivity index (χ0) is 20.4. The van der Waals surface area contributed by atoms with E-state index in [9.17, 15) is 14.9 Å². The molecular weight excluding hydrogens is 366 g/mol. The number of hydrogen-bond donors (Lipinski definition) is 1. The van der Waals surface area contributed by atoms with Gasteiger partial charge in [0, 0.05) is 31.6 Å². The summed E-state index contributed by atoms with van der Waals surface area (Å²) in [7, 11) is 2.91. The molecule has 0 unspecified atom stereocenters. The van der Waals surface area contributed by atoms with Crippen molar-refractivity contribution < 1.29 is 23.9 Å². The first-order valence-corrected chi connectivity index (χ1v) is 9.51. The summed E-state index contributed by atoms with van der Waals surface area (Å²) in [6, 6.07) is 2.94. The topological polar surface area (TPSA) is 103 Å². The summed E-state index contributed by atoms with van der Waals surface area (Å²) in [5.74, 6) is 0.699. The van der Waals surface area contributed by atoms with Crippen LogP contribution in [-0.4, -0.2) is 69.3 Å². The van der Waals surface area contributed by atoms with Gasteiger partial charge in [-0.15, -0.1) is 0 Å². The number of rotatable bonds is 11. The molecule has 1 aromatic carbocycles. The number of benzene rings is 1. The van der Waals surface area contributed by atoms with E-state index < -0.39 is 4.92 Å². The molecule has 0 aliphatic carbocycles. The molecule has 1 aliphatic heterocycles. The van der Waals surface area contributed by atoms with Crippen LogP contribution in [0.2, 0.25) is 0 Å². The maximum atomic E-state index is 12.0. The van der Waals surface area contributed by atoms with Gasteiger partial charge < -0.3 is 19.5 Å². The number of methoxy groups -OCH3 is 2. The Bertz CT molecular complexity index is 661. The van der Waals surface area contributed by atoms with Gasteiger partial charge in [-0.05, 0) is 31.9 Å². The second-order valence-electron chi connectivity index (χ2n) is 6.60. The normalized spacial score (nSPS) is 14.5. The Balaban J connectivity index is 1.75. The van der Waals surface area contributed by atoms with Gasteiger partial charge in [0.25, 0.3) is 5.69 Å². The molecule has 1 saturated heterocycles. The molecule has 0 atom stereocenters. The van der Waals surface area contributed by atoms with Crippen molar-refractivity contribution in [3.63, 3.8) is 0 Å². The minimum Gasteiger partial charge on any atom is -0.493 e. The molecule has 1 N–H and O–H groups in total. The number of unbranched alkanes of at least 4 members (excludes halogenated alkanes) is 1. The van der Waals surface area contributed by atoms with Crippen molar-refractivity contribution in [1.29, 1.82) is 0 Å². The molecular formula is C19H29N3O6.